The molecular weight excluding hydrogens is 452 g/mol. The molecule has 3 rings (SSSR count). The lowest BCUT2D eigenvalue weighted by Crippen LogP contribution is -2.47. The number of benzene rings is 1. The summed E-state index contributed by atoms with van der Waals surface area (Å²) in [5.74, 6) is -4.33. The topological polar surface area (TPSA) is 142 Å². The van der Waals surface area contributed by atoms with Crippen LogP contribution in [-0.2, 0) is 19.8 Å². The first kappa shape index (κ1) is 26.1. The zero-order valence-corrected chi connectivity index (χ0v) is 20.8. The van der Waals surface area contributed by atoms with Gasteiger partial charge in [0.1, 0.15) is 39.9 Å². The van der Waals surface area contributed by atoms with Crippen molar-refractivity contribution in [3.63, 3.8) is 0 Å². The number of phenolic OH excluding ortho intramolecular Hbond substituents is 2. The molecular formula is C26H32N2O7. The summed E-state index contributed by atoms with van der Waals surface area (Å²) in [5, 5.41) is 25.3. The minimum atomic E-state index is -1.58. The summed E-state index contributed by atoms with van der Waals surface area (Å²) in [6, 6.07) is 0. The van der Waals surface area contributed by atoms with Crippen molar-refractivity contribution >= 4 is 29.0 Å². The second kappa shape index (κ2) is 10.0. The van der Waals surface area contributed by atoms with Crippen molar-refractivity contribution in [2.45, 2.75) is 78.6 Å². The van der Waals surface area contributed by atoms with Crippen molar-refractivity contribution in [1.82, 2.24) is 5.43 Å². The van der Waals surface area contributed by atoms with Gasteiger partial charge in [-0.1, -0.05) is 32.6 Å². The number of unbranched alkanes of at least 4 members (excludes halogenated alkanes) is 4. The number of Topliss-reactive ketones (excluding diaryl/α,β-unsaturated/α-hetero) is 2. The van der Waals surface area contributed by atoms with Crippen LogP contribution in [0.2, 0.25) is 0 Å². The van der Waals surface area contributed by atoms with Crippen molar-refractivity contribution < 1.29 is 34.1 Å². The fraction of sp³-hybridized carbons (Fsp3) is 0.500. The number of amides is 1. The Hall–Kier alpha value is -3.49. The van der Waals surface area contributed by atoms with E-state index < -0.39 is 34.4 Å². The number of aromatic hydroxyl groups is 2. The molecule has 0 saturated heterocycles. The van der Waals surface area contributed by atoms with E-state index in [1.807, 2.05) is 0 Å². The molecule has 0 fully saturated rings. The standard InChI is InChI=1S/C26H32N2O7/c1-6-7-8-9-10-11-18(31)28-27-14(3)19-16(30)12-17-26(5,25(19)34)21-23(33)13(2)22(32)20(15(4)29)24(21)35-17/h12,19,32-33H,6-11H2,1-5H3,(H,28,31)/b27-14+. The molecule has 3 N–H and O–H groups in total. The van der Waals surface area contributed by atoms with E-state index in [1.54, 1.807) is 0 Å². The lowest BCUT2D eigenvalue weighted by molar-refractivity contribution is -0.132. The van der Waals surface area contributed by atoms with Crippen molar-refractivity contribution in [1.29, 1.82) is 0 Å². The quantitative estimate of drug-likeness (QED) is 0.159. The van der Waals surface area contributed by atoms with Crippen LogP contribution in [0, 0.1) is 12.8 Å². The van der Waals surface area contributed by atoms with Crippen molar-refractivity contribution in [3.05, 3.63) is 28.5 Å². The lowest BCUT2D eigenvalue weighted by atomic mass is 9.67. The molecule has 1 aliphatic carbocycles. The molecule has 1 aliphatic heterocycles. The van der Waals surface area contributed by atoms with Crippen molar-refractivity contribution in [3.8, 4) is 17.2 Å². The average molecular weight is 485 g/mol. The highest BCUT2D eigenvalue weighted by molar-refractivity contribution is 6.29. The highest BCUT2D eigenvalue weighted by atomic mass is 16.5. The summed E-state index contributed by atoms with van der Waals surface area (Å²) in [5.41, 5.74) is 0.824. The van der Waals surface area contributed by atoms with E-state index >= 15 is 0 Å². The first-order valence-electron chi connectivity index (χ1n) is 11.9. The number of hydrogen-bond acceptors (Lipinski definition) is 8. The Balaban J connectivity index is 1.91. The third-order valence-corrected chi connectivity index (χ3v) is 6.79. The van der Waals surface area contributed by atoms with Crippen LogP contribution in [0.3, 0.4) is 0 Å². The molecule has 9 heteroatoms. The number of hydrazone groups is 1. The summed E-state index contributed by atoms with van der Waals surface area (Å²) >= 11 is 0. The summed E-state index contributed by atoms with van der Waals surface area (Å²) in [6.07, 6.45) is 6.40. The van der Waals surface area contributed by atoms with Crippen LogP contribution in [0.25, 0.3) is 0 Å². The van der Waals surface area contributed by atoms with Gasteiger partial charge in [0.25, 0.3) is 0 Å². The Kier molecular flexibility index (Phi) is 7.47. The molecule has 2 atom stereocenters. The van der Waals surface area contributed by atoms with Crippen molar-refractivity contribution in [2.75, 3.05) is 0 Å². The van der Waals surface area contributed by atoms with Crippen LogP contribution in [0.15, 0.2) is 16.9 Å². The molecule has 1 aromatic carbocycles. The number of rotatable bonds is 9. The van der Waals surface area contributed by atoms with E-state index in [0.29, 0.717) is 6.42 Å². The molecule has 0 aromatic heterocycles. The molecule has 1 amide bonds. The Morgan fingerprint density at radius 2 is 1.77 bits per heavy atom. The van der Waals surface area contributed by atoms with Gasteiger partial charge in [-0.25, -0.2) is 5.43 Å². The Labute approximate surface area is 204 Å². The monoisotopic (exact) mass is 484 g/mol. The Morgan fingerprint density at radius 3 is 2.40 bits per heavy atom. The maximum Gasteiger partial charge on any atom is 0.240 e. The molecule has 9 nitrogen and oxygen atoms in total. The Bertz CT molecular complexity index is 1160. The molecule has 2 unspecified atom stereocenters. The molecule has 0 bridgehead atoms. The van der Waals surface area contributed by atoms with Crippen LogP contribution < -0.4 is 10.2 Å². The second-order valence-corrected chi connectivity index (χ2v) is 9.35. The molecule has 2 aliphatic rings. The number of ether oxygens (including phenoxy) is 1. The predicted octanol–water partition coefficient (Wildman–Crippen LogP) is 3.76. The normalized spacial score (nSPS) is 21.2. The van der Waals surface area contributed by atoms with Gasteiger partial charge >= 0.3 is 0 Å². The first-order chi connectivity index (χ1) is 16.5. The molecule has 1 heterocycles. The minimum Gasteiger partial charge on any atom is -0.507 e. The third kappa shape index (κ3) is 4.47. The smallest absolute Gasteiger partial charge is 0.240 e. The molecule has 0 spiro atoms. The first-order valence-corrected chi connectivity index (χ1v) is 11.9. The van der Waals surface area contributed by atoms with Crippen LogP contribution >= 0.6 is 0 Å². The number of hydrogen-bond donors (Lipinski definition) is 3. The van der Waals surface area contributed by atoms with E-state index in [1.165, 1.54) is 27.7 Å². The molecule has 1 aromatic rings. The van der Waals surface area contributed by atoms with Crippen LogP contribution in [0.4, 0.5) is 0 Å². The number of ketones is 3. The summed E-state index contributed by atoms with van der Waals surface area (Å²) in [4.78, 5) is 51.0. The van der Waals surface area contributed by atoms with Gasteiger partial charge in [0.2, 0.25) is 5.91 Å². The largest absolute Gasteiger partial charge is 0.507 e. The fourth-order valence-corrected chi connectivity index (χ4v) is 4.66. The zero-order valence-electron chi connectivity index (χ0n) is 20.8. The van der Waals surface area contributed by atoms with Gasteiger partial charge in [-0.3, -0.25) is 19.2 Å². The predicted molar refractivity (Wildman–Crippen MR) is 129 cm³/mol. The third-order valence-electron chi connectivity index (χ3n) is 6.79. The number of phenols is 2. The van der Waals surface area contributed by atoms with Gasteiger partial charge in [-0.15, -0.1) is 0 Å². The van der Waals surface area contributed by atoms with Crippen LogP contribution in [0.5, 0.6) is 17.2 Å². The van der Waals surface area contributed by atoms with Crippen LogP contribution in [-0.4, -0.2) is 39.2 Å². The highest BCUT2D eigenvalue weighted by Gasteiger charge is 2.57. The van der Waals surface area contributed by atoms with E-state index in [2.05, 4.69) is 17.5 Å². The average Bonchev–Trinajstić information content (AvgIpc) is 3.08. The second-order valence-electron chi connectivity index (χ2n) is 9.35. The summed E-state index contributed by atoms with van der Waals surface area (Å²) in [6.45, 7) is 7.73. The molecule has 188 valence electrons. The number of nitrogens with zero attached hydrogens (tertiary/aromatic N) is 1. The van der Waals surface area contributed by atoms with E-state index in [-0.39, 0.29) is 45.6 Å². The molecule has 0 radical (unpaired) electrons. The number of carbonyl (C=O) groups excluding carboxylic acids is 4. The number of allylic oxidation sites excluding steroid dienone is 2. The zero-order chi connectivity index (χ0) is 26.1. The minimum absolute atomic E-state index is 0.0238. The Morgan fingerprint density at radius 1 is 1.11 bits per heavy atom. The van der Waals surface area contributed by atoms with E-state index in [0.717, 1.165) is 38.2 Å². The summed E-state index contributed by atoms with van der Waals surface area (Å²) in [7, 11) is 0. The van der Waals surface area contributed by atoms with Gasteiger partial charge in [0, 0.05) is 18.1 Å². The van der Waals surface area contributed by atoms with Gasteiger partial charge < -0.3 is 14.9 Å². The maximum atomic E-state index is 13.7. The van der Waals surface area contributed by atoms with Gasteiger partial charge in [0.15, 0.2) is 17.3 Å². The number of carbonyl (C=O) groups is 4. The highest BCUT2D eigenvalue weighted by Crippen LogP contribution is 2.57. The summed E-state index contributed by atoms with van der Waals surface area (Å²) < 4.78 is 5.73. The van der Waals surface area contributed by atoms with E-state index in [9.17, 15) is 29.4 Å². The van der Waals surface area contributed by atoms with Gasteiger partial charge in [0.05, 0.1) is 11.3 Å². The van der Waals surface area contributed by atoms with Gasteiger partial charge in [-0.2, -0.15) is 5.10 Å². The molecule has 35 heavy (non-hydrogen) atoms. The number of fused-ring (bicyclic) bond motifs is 3. The number of nitrogens with one attached hydrogen (secondary N) is 1. The van der Waals surface area contributed by atoms with Crippen LogP contribution in [0.1, 0.15) is 87.7 Å². The fourth-order valence-electron chi connectivity index (χ4n) is 4.66. The molecule has 0 saturated carbocycles. The van der Waals surface area contributed by atoms with E-state index in [4.69, 9.17) is 4.74 Å². The van der Waals surface area contributed by atoms with Gasteiger partial charge in [-0.05, 0) is 34.1 Å². The van der Waals surface area contributed by atoms with Crippen molar-refractivity contribution in [2.24, 2.45) is 11.0 Å². The lowest BCUT2D eigenvalue weighted by Gasteiger charge is -2.31. The maximum absolute atomic E-state index is 13.7. The SMILES string of the molecule is CCCCCCCC(=O)N/N=C(\C)C1C(=O)C=C2Oc3c(C(C)=O)c(O)c(C)c(O)c3C2(C)C1=O.